The van der Waals surface area contributed by atoms with Gasteiger partial charge < -0.3 is 15.2 Å². The predicted molar refractivity (Wildman–Crippen MR) is 66.2 cm³/mol. The Kier molecular flexibility index (Phi) is 3.45. The van der Waals surface area contributed by atoms with E-state index < -0.39 is 0 Å². The Morgan fingerprint density at radius 3 is 2.94 bits per heavy atom. The summed E-state index contributed by atoms with van der Waals surface area (Å²) in [6.07, 6.45) is 1.68. The zero-order valence-corrected chi connectivity index (χ0v) is 9.55. The summed E-state index contributed by atoms with van der Waals surface area (Å²) in [7, 11) is 1.59. The van der Waals surface area contributed by atoms with E-state index >= 15 is 0 Å². The van der Waals surface area contributed by atoms with Gasteiger partial charge in [0.2, 0.25) is 5.88 Å². The lowest BCUT2D eigenvalue weighted by atomic mass is 10.2. The first kappa shape index (κ1) is 11.3. The number of methoxy groups -OCH3 is 1. The molecule has 0 unspecified atom stereocenters. The number of hydrogen-bond donors (Lipinski definition) is 2. The summed E-state index contributed by atoms with van der Waals surface area (Å²) in [4.78, 5) is 4.09. The number of aromatic nitrogens is 1. The summed E-state index contributed by atoms with van der Waals surface area (Å²) < 4.78 is 5.13. The number of ether oxygens (including phenoxy) is 1. The second-order valence-electron chi connectivity index (χ2n) is 3.58. The molecule has 0 aliphatic heterocycles. The van der Waals surface area contributed by atoms with Gasteiger partial charge in [0.25, 0.3) is 0 Å². The van der Waals surface area contributed by atoms with Crippen LogP contribution >= 0.6 is 0 Å². The van der Waals surface area contributed by atoms with Gasteiger partial charge >= 0.3 is 0 Å². The number of nitrogens with zero attached hydrogens (tertiary/aromatic N) is 1. The van der Waals surface area contributed by atoms with Crippen LogP contribution in [0, 0.1) is 0 Å². The largest absolute Gasteiger partial charge is 0.508 e. The molecule has 2 N–H and O–H groups in total. The number of hydrogen-bond acceptors (Lipinski definition) is 4. The normalized spacial score (nSPS) is 9.94. The van der Waals surface area contributed by atoms with Gasteiger partial charge in [-0.3, -0.25) is 0 Å². The Bertz CT molecular complexity index is 500. The molecule has 4 heteroatoms. The SMILES string of the molecule is COc1ncccc1NCc1cccc(O)c1. The first-order chi connectivity index (χ1) is 8.29. The maximum atomic E-state index is 9.35. The van der Waals surface area contributed by atoms with Gasteiger partial charge in [-0.05, 0) is 29.8 Å². The predicted octanol–water partition coefficient (Wildman–Crippen LogP) is 2.41. The van der Waals surface area contributed by atoms with Gasteiger partial charge in [0.15, 0.2) is 0 Å². The zero-order valence-electron chi connectivity index (χ0n) is 9.55. The molecule has 1 aromatic carbocycles. The third kappa shape index (κ3) is 2.87. The lowest BCUT2D eigenvalue weighted by molar-refractivity contribution is 0.399. The lowest BCUT2D eigenvalue weighted by Crippen LogP contribution is -2.02. The number of phenols is 1. The molecule has 0 aliphatic carbocycles. The number of anilines is 1. The molecule has 1 heterocycles. The van der Waals surface area contributed by atoms with E-state index in [1.54, 1.807) is 25.4 Å². The van der Waals surface area contributed by atoms with Crippen LogP contribution in [0.3, 0.4) is 0 Å². The summed E-state index contributed by atoms with van der Waals surface area (Å²) in [5.74, 6) is 0.829. The zero-order chi connectivity index (χ0) is 12.1. The van der Waals surface area contributed by atoms with Crippen molar-refractivity contribution in [2.24, 2.45) is 0 Å². The molecule has 88 valence electrons. The molecule has 1 aromatic heterocycles. The fraction of sp³-hybridized carbons (Fsp3) is 0.154. The Hall–Kier alpha value is -2.23. The quantitative estimate of drug-likeness (QED) is 0.846. The second kappa shape index (κ2) is 5.21. The summed E-state index contributed by atoms with van der Waals surface area (Å²) >= 11 is 0. The average molecular weight is 230 g/mol. The molecule has 2 aromatic rings. The maximum absolute atomic E-state index is 9.35. The van der Waals surface area contributed by atoms with Crippen molar-refractivity contribution in [2.75, 3.05) is 12.4 Å². The van der Waals surface area contributed by atoms with Crippen LogP contribution < -0.4 is 10.1 Å². The summed E-state index contributed by atoms with van der Waals surface area (Å²) in [5.41, 5.74) is 1.83. The number of phenolic OH excluding ortho intramolecular Hbond substituents is 1. The minimum atomic E-state index is 0.266. The molecule has 0 saturated carbocycles. The van der Waals surface area contributed by atoms with Gasteiger partial charge in [0.05, 0.1) is 12.8 Å². The molecular weight excluding hydrogens is 216 g/mol. The standard InChI is InChI=1S/C13H14N2O2/c1-17-13-12(6-3-7-14-13)15-9-10-4-2-5-11(16)8-10/h2-8,15-16H,9H2,1H3. The Morgan fingerprint density at radius 2 is 2.18 bits per heavy atom. The van der Waals surface area contributed by atoms with Crippen molar-refractivity contribution in [3.63, 3.8) is 0 Å². The van der Waals surface area contributed by atoms with Crippen LogP contribution in [-0.4, -0.2) is 17.2 Å². The van der Waals surface area contributed by atoms with Gasteiger partial charge in [-0.1, -0.05) is 12.1 Å². The average Bonchev–Trinajstić information content (AvgIpc) is 2.37. The second-order valence-corrected chi connectivity index (χ2v) is 3.58. The van der Waals surface area contributed by atoms with E-state index in [0.29, 0.717) is 12.4 Å². The van der Waals surface area contributed by atoms with E-state index in [1.807, 2.05) is 24.3 Å². The topological polar surface area (TPSA) is 54.4 Å². The molecule has 0 saturated heterocycles. The number of rotatable bonds is 4. The van der Waals surface area contributed by atoms with E-state index in [4.69, 9.17) is 4.74 Å². The molecule has 2 rings (SSSR count). The Balaban J connectivity index is 2.07. The van der Waals surface area contributed by atoms with Crippen molar-refractivity contribution in [3.05, 3.63) is 48.2 Å². The molecule has 0 amide bonds. The van der Waals surface area contributed by atoms with Gasteiger partial charge in [-0.25, -0.2) is 4.98 Å². The van der Waals surface area contributed by atoms with Crippen LogP contribution in [0.1, 0.15) is 5.56 Å². The Labute approximate surface area is 99.9 Å². The van der Waals surface area contributed by atoms with Crippen LogP contribution in [0.2, 0.25) is 0 Å². The third-order valence-corrected chi connectivity index (χ3v) is 2.36. The van der Waals surface area contributed by atoms with E-state index in [9.17, 15) is 5.11 Å². The monoisotopic (exact) mass is 230 g/mol. The molecule has 0 fully saturated rings. The van der Waals surface area contributed by atoms with Gasteiger partial charge in [-0.15, -0.1) is 0 Å². The summed E-state index contributed by atoms with van der Waals surface area (Å²) in [6, 6.07) is 10.9. The molecular formula is C13H14N2O2. The van der Waals surface area contributed by atoms with Crippen LogP contribution in [0.15, 0.2) is 42.6 Å². The molecule has 4 nitrogen and oxygen atoms in total. The van der Waals surface area contributed by atoms with Crippen molar-refractivity contribution in [1.82, 2.24) is 4.98 Å². The van der Waals surface area contributed by atoms with Crippen molar-refractivity contribution >= 4 is 5.69 Å². The van der Waals surface area contributed by atoms with Crippen molar-refractivity contribution < 1.29 is 9.84 Å². The summed E-state index contributed by atoms with van der Waals surface area (Å²) in [6.45, 7) is 0.608. The van der Waals surface area contributed by atoms with Crippen LogP contribution in [0.5, 0.6) is 11.6 Å². The maximum Gasteiger partial charge on any atom is 0.237 e. The van der Waals surface area contributed by atoms with Crippen molar-refractivity contribution in [3.8, 4) is 11.6 Å². The number of nitrogens with one attached hydrogen (secondary N) is 1. The first-order valence-corrected chi connectivity index (χ1v) is 5.30. The van der Waals surface area contributed by atoms with E-state index in [2.05, 4.69) is 10.3 Å². The first-order valence-electron chi connectivity index (χ1n) is 5.30. The smallest absolute Gasteiger partial charge is 0.237 e. The highest BCUT2D eigenvalue weighted by atomic mass is 16.5. The number of pyridine rings is 1. The highest BCUT2D eigenvalue weighted by Gasteiger charge is 2.02. The number of aromatic hydroxyl groups is 1. The van der Waals surface area contributed by atoms with Gasteiger partial charge in [0.1, 0.15) is 5.75 Å². The molecule has 0 radical (unpaired) electrons. The highest BCUT2D eigenvalue weighted by molar-refractivity contribution is 5.52. The van der Waals surface area contributed by atoms with Crippen LogP contribution in [0.4, 0.5) is 5.69 Å². The third-order valence-electron chi connectivity index (χ3n) is 2.36. The fourth-order valence-corrected chi connectivity index (χ4v) is 1.55. The van der Waals surface area contributed by atoms with Crippen LogP contribution in [0.25, 0.3) is 0 Å². The minimum absolute atomic E-state index is 0.266. The summed E-state index contributed by atoms with van der Waals surface area (Å²) in [5, 5.41) is 12.6. The van der Waals surface area contributed by atoms with Gasteiger partial charge in [-0.2, -0.15) is 0 Å². The van der Waals surface area contributed by atoms with Crippen molar-refractivity contribution in [1.29, 1.82) is 0 Å². The Morgan fingerprint density at radius 1 is 1.29 bits per heavy atom. The van der Waals surface area contributed by atoms with Crippen LogP contribution in [-0.2, 0) is 6.54 Å². The molecule has 0 bridgehead atoms. The fourth-order valence-electron chi connectivity index (χ4n) is 1.55. The van der Waals surface area contributed by atoms with Gasteiger partial charge in [0, 0.05) is 12.7 Å². The van der Waals surface area contributed by atoms with E-state index in [-0.39, 0.29) is 5.75 Å². The highest BCUT2D eigenvalue weighted by Crippen LogP contribution is 2.21. The van der Waals surface area contributed by atoms with Crippen molar-refractivity contribution in [2.45, 2.75) is 6.54 Å². The van der Waals surface area contributed by atoms with E-state index in [1.165, 1.54) is 0 Å². The molecule has 0 aliphatic rings. The molecule has 17 heavy (non-hydrogen) atoms. The lowest BCUT2D eigenvalue weighted by Gasteiger charge is -2.09. The molecule has 0 spiro atoms. The number of benzene rings is 1. The van der Waals surface area contributed by atoms with E-state index in [0.717, 1.165) is 11.3 Å². The molecule has 0 atom stereocenters. The minimum Gasteiger partial charge on any atom is -0.508 e.